The van der Waals surface area contributed by atoms with Crippen molar-refractivity contribution in [2.45, 2.75) is 19.3 Å². The Morgan fingerprint density at radius 2 is 1.70 bits per heavy atom. The number of halogens is 7. The zero-order valence-corrected chi connectivity index (χ0v) is 25.6. The Morgan fingerprint density at radius 1 is 0.955 bits per heavy atom. The first-order chi connectivity index (χ1) is 20.9. The van der Waals surface area contributed by atoms with Crippen molar-refractivity contribution in [3.8, 4) is 5.82 Å². The summed E-state index contributed by atoms with van der Waals surface area (Å²) < 4.78 is 40.5. The second-order valence-electron chi connectivity index (χ2n) is 8.96. The molecule has 0 fully saturated rings. The summed E-state index contributed by atoms with van der Waals surface area (Å²) in [5, 5.41) is 20.1. The molecular weight excluding hydrogens is 714 g/mol. The van der Waals surface area contributed by atoms with Crippen LogP contribution < -0.4 is 10.6 Å². The number of benzene rings is 2. The molecule has 3 aromatic heterocycles. The fourth-order valence-corrected chi connectivity index (χ4v) is 5.05. The van der Waals surface area contributed by atoms with E-state index in [2.05, 4.69) is 52.1 Å². The van der Waals surface area contributed by atoms with Crippen LogP contribution in [0.1, 0.15) is 37.9 Å². The predicted molar refractivity (Wildman–Crippen MR) is 158 cm³/mol. The third-order valence-electron chi connectivity index (χ3n) is 5.85. The van der Waals surface area contributed by atoms with Gasteiger partial charge in [0.1, 0.15) is 12.2 Å². The molecule has 0 atom stereocenters. The van der Waals surface area contributed by atoms with Crippen molar-refractivity contribution in [1.82, 2.24) is 40.3 Å². The quantitative estimate of drug-likeness (QED) is 0.194. The van der Waals surface area contributed by atoms with Crippen LogP contribution in [-0.2, 0) is 19.3 Å². The summed E-state index contributed by atoms with van der Waals surface area (Å²) >= 11 is 22.0. The minimum atomic E-state index is -4.80. The Hall–Kier alpha value is -4.05. The molecule has 2 N–H and O–H groups in total. The van der Waals surface area contributed by atoms with Gasteiger partial charge < -0.3 is 10.6 Å². The highest BCUT2D eigenvalue weighted by Gasteiger charge is 2.37. The summed E-state index contributed by atoms with van der Waals surface area (Å²) in [5.74, 6) is -2.72. The molecule has 0 aliphatic heterocycles. The summed E-state index contributed by atoms with van der Waals surface area (Å²) in [6.45, 7) is -0.216. The number of tetrazole rings is 1. The SMILES string of the molecule is O=C(NCc1ccc(Cl)cc1)c1cc(Br)cc(Cl)c1NC(=O)c1cc(Cn2nnc(C(F)(F)F)n2)nn1-c1ncccc1Cl. The van der Waals surface area contributed by atoms with E-state index in [4.69, 9.17) is 34.8 Å². The molecule has 18 heteroatoms. The van der Waals surface area contributed by atoms with E-state index in [1.165, 1.54) is 30.5 Å². The predicted octanol–water partition coefficient (Wildman–Crippen LogP) is 6.23. The van der Waals surface area contributed by atoms with Crippen molar-refractivity contribution in [2.24, 2.45) is 0 Å². The molecule has 226 valence electrons. The number of hydrogen-bond donors (Lipinski definition) is 2. The van der Waals surface area contributed by atoms with Crippen LogP contribution in [0, 0.1) is 0 Å². The number of pyridine rings is 1. The van der Waals surface area contributed by atoms with Crippen molar-refractivity contribution in [2.75, 3.05) is 5.32 Å². The fourth-order valence-electron chi connectivity index (χ4n) is 3.87. The number of carbonyl (C=O) groups is 2. The van der Waals surface area contributed by atoms with Crippen LogP contribution in [0.25, 0.3) is 5.82 Å². The van der Waals surface area contributed by atoms with Crippen LogP contribution >= 0.6 is 50.7 Å². The maximum atomic E-state index is 13.7. The van der Waals surface area contributed by atoms with Gasteiger partial charge in [-0.25, -0.2) is 9.67 Å². The van der Waals surface area contributed by atoms with Gasteiger partial charge in [0.15, 0.2) is 5.82 Å². The molecule has 0 spiro atoms. The van der Waals surface area contributed by atoms with Crippen molar-refractivity contribution in [1.29, 1.82) is 0 Å². The molecule has 0 unspecified atom stereocenters. The third kappa shape index (κ3) is 7.18. The van der Waals surface area contributed by atoms with Crippen LogP contribution in [0.4, 0.5) is 18.9 Å². The van der Waals surface area contributed by atoms with E-state index in [-0.39, 0.29) is 51.6 Å². The van der Waals surface area contributed by atoms with Gasteiger partial charge in [-0.2, -0.15) is 23.1 Å². The van der Waals surface area contributed by atoms with Gasteiger partial charge >= 0.3 is 6.18 Å². The summed E-state index contributed by atoms with van der Waals surface area (Å²) in [6, 6.07) is 14.2. The first-order valence-electron chi connectivity index (χ1n) is 12.3. The number of carbonyl (C=O) groups excluding carboxylic acids is 2. The number of nitrogens with zero attached hydrogens (tertiary/aromatic N) is 7. The molecule has 5 rings (SSSR count). The molecule has 0 aliphatic carbocycles. The average molecular weight is 730 g/mol. The lowest BCUT2D eigenvalue weighted by Crippen LogP contribution is -2.25. The highest BCUT2D eigenvalue weighted by molar-refractivity contribution is 9.10. The third-order valence-corrected chi connectivity index (χ3v) is 7.15. The van der Waals surface area contributed by atoms with Crippen LogP contribution in [-0.4, -0.2) is 46.8 Å². The molecule has 11 nitrogen and oxygen atoms in total. The molecule has 44 heavy (non-hydrogen) atoms. The summed E-state index contributed by atoms with van der Waals surface area (Å²) in [7, 11) is 0. The van der Waals surface area contributed by atoms with Gasteiger partial charge in [-0.05, 0) is 53.2 Å². The lowest BCUT2D eigenvalue weighted by atomic mass is 10.1. The standard InChI is InChI=1S/C26H16BrCl3F3N9O2/c27-14-8-17(23(43)35-11-13-3-5-15(28)6-4-13)21(19(30)9-14)36-24(44)20-10-16(12-41-39-25(37-40-41)26(31,32)33)38-42(20)22-18(29)2-1-7-34-22/h1-10H,11-12H2,(H,35,43)(H,36,44). The molecule has 0 radical (unpaired) electrons. The van der Waals surface area contributed by atoms with Gasteiger partial charge in [-0.1, -0.05) is 62.9 Å². The maximum absolute atomic E-state index is 13.7. The van der Waals surface area contributed by atoms with E-state index in [9.17, 15) is 22.8 Å². The van der Waals surface area contributed by atoms with Crippen LogP contribution in [0.15, 0.2) is 65.3 Å². The van der Waals surface area contributed by atoms with E-state index in [1.807, 2.05) is 0 Å². The second kappa shape index (κ2) is 12.9. The summed E-state index contributed by atoms with van der Waals surface area (Å²) in [6.07, 6.45) is -3.39. The Balaban J connectivity index is 1.46. The zero-order valence-electron chi connectivity index (χ0n) is 21.8. The molecule has 0 aliphatic rings. The Labute approximate surface area is 269 Å². The average Bonchev–Trinajstić information content (AvgIpc) is 3.62. The molecule has 2 aromatic carbocycles. The second-order valence-corrected chi connectivity index (χ2v) is 11.1. The normalized spacial score (nSPS) is 11.4. The smallest absolute Gasteiger partial charge is 0.348 e. The number of amides is 2. The molecule has 0 saturated heterocycles. The number of aromatic nitrogens is 7. The topological polar surface area (TPSA) is 133 Å². The number of alkyl halides is 3. The van der Waals surface area contributed by atoms with E-state index in [0.29, 0.717) is 14.3 Å². The van der Waals surface area contributed by atoms with Gasteiger partial charge in [0.2, 0.25) is 0 Å². The minimum Gasteiger partial charge on any atom is -0.348 e. The Kier molecular flexibility index (Phi) is 9.20. The highest BCUT2D eigenvalue weighted by Crippen LogP contribution is 2.32. The van der Waals surface area contributed by atoms with Crippen molar-refractivity contribution >= 4 is 68.2 Å². The van der Waals surface area contributed by atoms with E-state index in [0.717, 1.165) is 10.2 Å². The first kappa shape index (κ1) is 31.4. The molecule has 2 amide bonds. The molecule has 3 heterocycles. The maximum Gasteiger partial charge on any atom is 0.455 e. The summed E-state index contributed by atoms with van der Waals surface area (Å²) in [5.41, 5.74) is 0.749. The number of hydrogen-bond acceptors (Lipinski definition) is 7. The molecular formula is C26H16BrCl3F3N9O2. The Bertz CT molecular complexity index is 1860. The highest BCUT2D eigenvalue weighted by atomic mass is 79.9. The van der Waals surface area contributed by atoms with Gasteiger partial charge in [-0.3, -0.25) is 9.59 Å². The molecule has 5 aromatic rings. The first-order valence-corrected chi connectivity index (χ1v) is 14.2. The lowest BCUT2D eigenvalue weighted by Gasteiger charge is -2.15. The van der Waals surface area contributed by atoms with Gasteiger partial charge in [0, 0.05) is 22.2 Å². The van der Waals surface area contributed by atoms with E-state index < -0.39 is 23.8 Å². The Morgan fingerprint density at radius 3 is 2.39 bits per heavy atom. The molecule has 0 bridgehead atoms. The van der Waals surface area contributed by atoms with Crippen molar-refractivity contribution in [3.63, 3.8) is 0 Å². The zero-order chi connectivity index (χ0) is 31.6. The summed E-state index contributed by atoms with van der Waals surface area (Å²) in [4.78, 5) is 31.8. The largest absolute Gasteiger partial charge is 0.455 e. The van der Waals surface area contributed by atoms with Crippen molar-refractivity contribution in [3.05, 3.63) is 109 Å². The van der Waals surface area contributed by atoms with Gasteiger partial charge in [0.05, 0.1) is 27.0 Å². The number of rotatable bonds is 8. The van der Waals surface area contributed by atoms with E-state index >= 15 is 0 Å². The van der Waals surface area contributed by atoms with E-state index in [1.54, 1.807) is 30.3 Å². The lowest BCUT2D eigenvalue weighted by molar-refractivity contribution is -0.145. The monoisotopic (exact) mass is 727 g/mol. The van der Waals surface area contributed by atoms with Crippen LogP contribution in [0.2, 0.25) is 15.1 Å². The van der Waals surface area contributed by atoms with Crippen molar-refractivity contribution < 1.29 is 22.8 Å². The van der Waals surface area contributed by atoms with Gasteiger partial charge in [0.25, 0.3) is 17.6 Å². The molecule has 0 saturated carbocycles. The van der Waals surface area contributed by atoms with Crippen LogP contribution in [0.5, 0.6) is 0 Å². The minimum absolute atomic E-state index is 0.0114. The number of anilines is 1. The fraction of sp³-hybridized carbons (Fsp3) is 0.115. The van der Waals surface area contributed by atoms with Gasteiger partial charge in [-0.15, -0.1) is 10.2 Å². The number of nitrogens with one attached hydrogen (secondary N) is 2. The van der Waals surface area contributed by atoms with Crippen LogP contribution in [0.3, 0.4) is 0 Å².